The molecule has 1 aliphatic heterocycles. The van der Waals surface area contributed by atoms with E-state index in [2.05, 4.69) is 31.0 Å². The van der Waals surface area contributed by atoms with Crippen molar-refractivity contribution in [1.29, 1.82) is 0 Å². The fourth-order valence-corrected chi connectivity index (χ4v) is 2.68. The summed E-state index contributed by atoms with van der Waals surface area (Å²) in [7, 11) is 0. The van der Waals surface area contributed by atoms with E-state index in [-0.39, 0.29) is 5.56 Å². The van der Waals surface area contributed by atoms with Gasteiger partial charge in [-0.2, -0.15) is 5.10 Å². The zero-order valence-corrected chi connectivity index (χ0v) is 11.8. The predicted molar refractivity (Wildman–Crippen MR) is 73.4 cm³/mol. The Morgan fingerprint density at radius 3 is 2.53 bits per heavy atom. The molecule has 0 aliphatic carbocycles. The summed E-state index contributed by atoms with van der Waals surface area (Å²) in [4.78, 5) is 13.2. The molecule has 0 bridgehead atoms. The highest BCUT2D eigenvalue weighted by Crippen LogP contribution is 2.35. The number of anilines is 1. The minimum atomic E-state index is -0.942. The van der Waals surface area contributed by atoms with Crippen LogP contribution in [0.15, 0.2) is 12.3 Å². The minimum Gasteiger partial charge on any atom is -0.478 e. The van der Waals surface area contributed by atoms with Crippen LogP contribution in [0.4, 0.5) is 5.82 Å². The van der Waals surface area contributed by atoms with Crippen LogP contribution in [0, 0.1) is 11.3 Å². The number of hydrogen-bond donors (Lipinski definition) is 1. The molecule has 19 heavy (non-hydrogen) atoms. The maximum Gasteiger partial charge on any atom is 0.339 e. The lowest BCUT2D eigenvalue weighted by atomic mass is 9.75. The lowest BCUT2D eigenvalue weighted by Gasteiger charge is -2.39. The first-order valence-corrected chi connectivity index (χ1v) is 6.69. The first-order chi connectivity index (χ1) is 8.89. The van der Waals surface area contributed by atoms with Gasteiger partial charge in [0.2, 0.25) is 0 Å². The third-order valence-electron chi connectivity index (χ3n) is 3.95. The average molecular weight is 263 g/mol. The lowest BCUT2D eigenvalue weighted by Crippen LogP contribution is -2.39. The zero-order chi connectivity index (χ0) is 14.0. The standard InChI is InChI=1S/C14H21N3O2/c1-14(2,3)10-5-8-17(9-6-10)12-11(13(18)19)4-7-15-16-12/h4,7,10H,5-6,8-9H2,1-3H3,(H,18,19). The number of piperidine rings is 1. The summed E-state index contributed by atoms with van der Waals surface area (Å²) in [5.74, 6) is 0.235. The Kier molecular flexibility index (Phi) is 3.73. The van der Waals surface area contributed by atoms with Crippen molar-refractivity contribution in [3.05, 3.63) is 17.8 Å². The maximum atomic E-state index is 11.2. The Hall–Kier alpha value is -1.65. The van der Waals surface area contributed by atoms with Crippen molar-refractivity contribution in [3.8, 4) is 0 Å². The van der Waals surface area contributed by atoms with Crippen LogP contribution < -0.4 is 4.90 Å². The van der Waals surface area contributed by atoms with Gasteiger partial charge in [0.15, 0.2) is 5.82 Å². The number of carboxylic acid groups (broad SMARTS) is 1. The molecule has 104 valence electrons. The normalized spacial score (nSPS) is 17.5. The molecule has 5 nitrogen and oxygen atoms in total. The van der Waals surface area contributed by atoms with Crippen molar-refractivity contribution < 1.29 is 9.90 Å². The summed E-state index contributed by atoms with van der Waals surface area (Å²) in [6.07, 6.45) is 3.56. The molecule has 0 spiro atoms. The van der Waals surface area contributed by atoms with Gasteiger partial charge in [0.05, 0.1) is 6.20 Å². The summed E-state index contributed by atoms with van der Waals surface area (Å²) >= 11 is 0. The molecule has 0 amide bonds. The van der Waals surface area contributed by atoms with Gasteiger partial charge in [0.1, 0.15) is 5.56 Å². The van der Waals surface area contributed by atoms with E-state index in [0.717, 1.165) is 25.9 Å². The topological polar surface area (TPSA) is 66.3 Å². The Morgan fingerprint density at radius 1 is 1.37 bits per heavy atom. The predicted octanol–water partition coefficient (Wildman–Crippen LogP) is 2.44. The number of aromatic nitrogens is 2. The lowest BCUT2D eigenvalue weighted by molar-refractivity contribution is 0.0696. The molecule has 1 aromatic rings. The van der Waals surface area contributed by atoms with E-state index in [1.807, 2.05) is 4.90 Å². The highest BCUT2D eigenvalue weighted by atomic mass is 16.4. The van der Waals surface area contributed by atoms with Crippen LogP contribution in [0.5, 0.6) is 0 Å². The quantitative estimate of drug-likeness (QED) is 0.887. The Balaban J connectivity index is 2.12. The van der Waals surface area contributed by atoms with Gasteiger partial charge in [0.25, 0.3) is 0 Å². The fraction of sp³-hybridized carbons (Fsp3) is 0.643. The zero-order valence-electron chi connectivity index (χ0n) is 11.8. The summed E-state index contributed by atoms with van der Waals surface area (Å²) < 4.78 is 0. The van der Waals surface area contributed by atoms with Crippen LogP contribution in [0.2, 0.25) is 0 Å². The van der Waals surface area contributed by atoms with Crippen LogP contribution in [0.3, 0.4) is 0 Å². The van der Waals surface area contributed by atoms with Gasteiger partial charge in [-0.25, -0.2) is 4.79 Å². The Labute approximate surface area is 113 Å². The van der Waals surface area contributed by atoms with Crippen molar-refractivity contribution in [2.75, 3.05) is 18.0 Å². The van der Waals surface area contributed by atoms with E-state index in [0.29, 0.717) is 17.2 Å². The van der Waals surface area contributed by atoms with E-state index >= 15 is 0 Å². The molecule has 1 N–H and O–H groups in total. The first-order valence-electron chi connectivity index (χ1n) is 6.69. The first kappa shape index (κ1) is 13.8. The highest BCUT2D eigenvalue weighted by molar-refractivity contribution is 5.93. The van der Waals surface area contributed by atoms with Crippen LogP contribution in [-0.2, 0) is 0 Å². The third-order valence-corrected chi connectivity index (χ3v) is 3.95. The van der Waals surface area contributed by atoms with Gasteiger partial charge in [-0.05, 0) is 30.2 Å². The number of aromatic carboxylic acids is 1. The number of carboxylic acids is 1. The van der Waals surface area contributed by atoms with Gasteiger partial charge < -0.3 is 10.0 Å². The van der Waals surface area contributed by atoms with E-state index in [1.54, 1.807) is 0 Å². The molecule has 2 heterocycles. The Bertz CT molecular complexity index is 460. The summed E-state index contributed by atoms with van der Waals surface area (Å²) in [5, 5.41) is 17.0. The molecule has 1 fully saturated rings. The second-order valence-electron chi connectivity index (χ2n) is 6.20. The second-order valence-corrected chi connectivity index (χ2v) is 6.20. The Morgan fingerprint density at radius 2 is 2.00 bits per heavy atom. The van der Waals surface area contributed by atoms with Crippen molar-refractivity contribution in [1.82, 2.24) is 10.2 Å². The van der Waals surface area contributed by atoms with E-state index in [4.69, 9.17) is 0 Å². The molecular formula is C14H21N3O2. The molecule has 0 atom stereocenters. The van der Waals surface area contributed by atoms with E-state index in [9.17, 15) is 9.90 Å². The number of carbonyl (C=O) groups is 1. The van der Waals surface area contributed by atoms with Gasteiger partial charge in [0, 0.05) is 13.1 Å². The summed E-state index contributed by atoms with van der Waals surface area (Å²) in [5.41, 5.74) is 0.550. The highest BCUT2D eigenvalue weighted by Gasteiger charge is 2.30. The molecule has 0 radical (unpaired) electrons. The van der Waals surface area contributed by atoms with E-state index in [1.165, 1.54) is 12.3 Å². The van der Waals surface area contributed by atoms with Gasteiger partial charge >= 0.3 is 5.97 Å². The number of hydrogen-bond acceptors (Lipinski definition) is 4. The number of nitrogens with zero attached hydrogens (tertiary/aromatic N) is 3. The maximum absolute atomic E-state index is 11.2. The average Bonchev–Trinajstić information content (AvgIpc) is 2.38. The van der Waals surface area contributed by atoms with Crippen LogP contribution in [0.1, 0.15) is 44.0 Å². The van der Waals surface area contributed by atoms with Gasteiger partial charge in [-0.3, -0.25) is 0 Å². The largest absolute Gasteiger partial charge is 0.478 e. The third kappa shape index (κ3) is 3.03. The molecule has 0 aromatic carbocycles. The molecule has 0 unspecified atom stereocenters. The molecule has 0 saturated carbocycles. The van der Waals surface area contributed by atoms with Crippen molar-refractivity contribution in [2.45, 2.75) is 33.6 Å². The van der Waals surface area contributed by atoms with Crippen molar-refractivity contribution in [3.63, 3.8) is 0 Å². The number of rotatable bonds is 2. The molecule has 5 heteroatoms. The smallest absolute Gasteiger partial charge is 0.339 e. The van der Waals surface area contributed by atoms with Crippen LogP contribution in [-0.4, -0.2) is 34.4 Å². The molecule has 1 saturated heterocycles. The van der Waals surface area contributed by atoms with E-state index < -0.39 is 5.97 Å². The van der Waals surface area contributed by atoms with Crippen molar-refractivity contribution >= 4 is 11.8 Å². The molecule has 1 aliphatic rings. The monoisotopic (exact) mass is 263 g/mol. The molecular weight excluding hydrogens is 242 g/mol. The second kappa shape index (κ2) is 5.15. The molecule has 2 rings (SSSR count). The van der Waals surface area contributed by atoms with Crippen LogP contribution >= 0.6 is 0 Å². The van der Waals surface area contributed by atoms with Gasteiger partial charge in [-0.15, -0.1) is 5.10 Å². The van der Waals surface area contributed by atoms with Crippen LogP contribution in [0.25, 0.3) is 0 Å². The van der Waals surface area contributed by atoms with Crippen molar-refractivity contribution in [2.24, 2.45) is 11.3 Å². The SMILES string of the molecule is CC(C)(C)C1CCN(c2nnccc2C(=O)O)CC1. The minimum absolute atomic E-state index is 0.240. The molecule has 1 aromatic heterocycles. The van der Waals surface area contributed by atoms with Gasteiger partial charge in [-0.1, -0.05) is 20.8 Å². The fourth-order valence-electron chi connectivity index (χ4n) is 2.68. The summed E-state index contributed by atoms with van der Waals surface area (Å²) in [6, 6.07) is 1.51. The summed E-state index contributed by atoms with van der Waals surface area (Å²) in [6.45, 7) is 8.48.